The highest BCUT2D eigenvalue weighted by Crippen LogP contribution is 2.24. The van der Waals surface area contributed by atoms with Gasteiger partial charge >= 0.3 is 5.63 Å². The molecule has 1 amide bonds. The first-order chi connectivity index (χ1) is 14.4. The Hall–Kier alpha value is -4.26. The number of carbonyl (C=O) groups excluding carboxylic acids is 1. The number of para-hydroxylation sites is 1. The number of benzene rings is 3. The quantitative estimate of drug-likeness (QED) is 0.297. The van der Waals surface area contributed by atoms with Crippen LogP contribution in [0, 0.1) is 17.0 Å². The van der Waals surface area contributed by atoms with Crippen molar-refractivity contribution in [1.82, 2.24) is 0 Å². The molecule has 1 heterocycles. The van der Waals surface area contributed by atoms with Crippen molar-refractivity contribution in [1.29, 1.82) is 0 Å². The molecule has 7 nitrogen and oxygen atoms in total. The number of nitrogens with zero attached hydrogens (tertiary/aromatic N) is 1. The maximum Gasteiger partial charge on any atom is 0.344 e. The highest BCUT2D eigenvalue weighted by Gasteiger charge is 2.14. The van der Waals surface area contributed by atoms with Gasteiger partial charge in [-0.2, -0.15) is 0 Å². The summed E-state index contributed by atoms with van der Waals surface area (Å²) >= 11 is 0. The normalized spacial score (nSPS) is 10.7. The Bertz CT molecular complexity index is 1360. The average molecular weight is 400 g/mol. The number of carbonyl (C=O) groups is 1. The Balaban J connectivity index is 1.64. The molecule has 4 rings (SSSR count). The molecule has 0 radical (unpaired) electrons. The third-order valence-corrected chi connectivity index (χ3v) is 4.73. The molecular weight excluding hydrogens is 384 g/mol. The second kappa shape index (κ2) is 7.63. The molecule has 0 fully saturated rings. The second-order valence-corrected chi connectivity index (χ2v) is 6.78. The predicted octanol–water partition coefficient (Wildman–Crippen LogP) is 4.93. The van der Waals surface area contributed by atoms with E-state index in [1.165, 1.54) is 18.2 Å². The molecule has 0 spiro atoms. The van der Waals surface area contributed by atoms with Gasteiger partial charge in [0.2, 0.25) is 0 Å². The maximum atomic E-state index is 12.6. The van der Waals surface area contributed by atoms with Gasteiger partial charge in [0.15, 0.2) is 0 Å². The average Bonchev–Trinajstić information content (AvgIpc) is 2.73. The van der Waals surface area contributed by atoms with Gasteiger partial charge in [0.05, 0.1) is 10.5 Å². The molecule has 3 aromatic carbocycles. The third kappa shape index (κ3) is 3.68. The summed E-state index contributed by atoms with van der Waals surface area (Å²) in [6.45, 7) is 1.58. The van der Waals surface area contributed by atoms with Crippen LogP contribution in [0.1, 0.15) is 15.9 Å². The highest BCUT2D eigenvalue weighted by molar-refractivity contribution is 6.04. The van der Waals surface area contributed by atoms with Crippen molar-refractivity contribution in [3.05, 3.63) is 104 Å². The molecule has 0 atom stereocenters. The van der Waals surface area contributed by atoms with Gasteiger partial charge in [-0.3, -0.25) is 14.9 Å². The van der Waals surface area contributed by atoms with Crippen LogP contribution in [0.5, 0.6) is 0 Å². The molecule has 1 N–H and O–H groups in total. The summed E-state index contributed by atoms with van der Waals surface area (Å²) in [6, 6.07) is 20.0. The molecule has 148 valence electrons. The number of nitro benzene ring substituents is 1. The smallest absolute Gasteiger partial charge is 0.344 e. The lowest BCUT2D eigenvalue weighted by molar-refractivity contribution is -0.385. The largest absolute Gasteiger partial charge is 0.422 e. The number of hydrogen-bond acceptors (Lipinski definition) is 5. The molecule has 0 aliphatic heterocycles. The number of hydrogen-bond donors (Lipinski definition) is 1. The fourth-order valence-electron chi connectivity index (χ4n) is 3.23. The number of rotatable bonds is 4. The second-order valence-electron chi connectivity index (χ2n) is 6.78. The Kier molecular flexibility index (Phi) is 4.85. The molecule has 30 heavy (non-hydrogen) atoms. The molecule has 0 bridgehead atoms. The summed E-state index contributed by atoms with van der Waals surface area (Å²) in [5.74, 6) is -0.407. The van der Waals surface area contributed by atoms with Crippen molar-refractivity contribution in [2.75, 3.05) is 5.32 Å². The van der Waals surface area contributed by atoms with E-state index in [1.54, 1.807) is 49.4 Å². The number of nitrogens with one attached hydrogen (secondary N) is 1. The molecule has 1 aromatic heterocycles. The van der Waals surface area contributed by atoms with Gasteiger partial charge < -0.3 is 9.73 Å². The molecule has 0 saturated heterocycles. The van der Waals surface area contributed by atoms with E-state index in [-0.39, 0.29) is 5.69 Å². The van der Waals surface area contributed by atoms with Crippen LogP contribution in [0.2, 0.25) is 0 Å². The molecule has 7 heteroatoms. The lowest BCUT2D eigenvalue weighted by Crippen LogP contribution is -2.12. The lowest BCUT2D eigenvalue weighted by atomic mass is 10.0. The van der Waals surface area contributed by atoms with Crippen LogP contribution < -0.4 is 10.9 Å². The lowest BCUT2D eigenvalue weighted by Gasteiger charge is -2.08. The van der Waals surface area contributed by atoms with Gasteiger partial charge in [0, 0.05) is 28.3 Å². The Labute approximate surface area is 170 Å². The summed E-state index contributed by atoms with van der Waals surface area (Å²) < 4.78 is 5.38. The van der Waals surface area contributed by atoms with Gasteiger partial charge in [-0.05, 0) is 48.9 Å². The molecule has 4 aromatic rings. The fourth-order valence-corrected chi connectivity index (χ4v) is 3.23. The van der Waals surface area contributed by atoms with Crippen molar-refractivity contribution >= 4 is 28.3 Å². The number of aryl methyl sites for hydroxylation is 1. The molecule has 0 unspecified atom stereocenters. The van der Waals surface area contributed by atoms with Crippen molar-refractivity contribution in [3.63, 3.8) is 0 Å². The SMILES string of the molecule is Cc1cc(C(=O)Nc2cccc(-c3cc4ccccc4oc3=O)c2)ccc1[N+](=O)[O-]. The summed E-state index contributed by atoms with van der Waals surface area (Å²) in [7, 11) is 0. The van der Waals surface area contributed by atoms with Gasteiger partial charge in [-0.15, -0.1) is 0 Å². The van der Waals surface area contributed by atoms with E-state index < -0.39 is 16.5 Å². The van der Waals surface area contributed by atoms with Crippen LogP contribution in [-0.4, -0.2) is 10.8 Å². The number of nitro groups is 1. The topological polar surface area (TPSA) is 102 Å². The van der Waals surface area contributed by atoms with E-state index in [4.69, 9.17) is 4.42 Å². The summed E-state index contributed by atoms with van der Waals surface area (Å²) in [4.78, 5) is 35.4. The monoisotopic (exact) mass is 400 g/mol. The molecule has 0 aliphatic carbocycles. The molecular formula is C23H16N2O5. The van der Waals surface area contributed by atoms with E-state index in [2.05, 4.69) is 5.32 Å². The Morgan fingerprint density at radius 1 is 1.00 bits per heavy atom. The molecule has 0 aliphatic rings. The standard InChI is InChI=1S/C23H16N2O5/c1-14-11-17(9-10-20(14)25(28)29)22(26)24-18-7-4-6-15(12-18)19-13-16-5-2-3-8-21(16)30-23(19)27/h2-13H,1H3,(H,24,26). The van der Waals surface area contributed by atoms with Gasteiger partial charge in [0.25, 0.3) is 11.6 Å². The minimum Gasteiger partial charge on any atom is -0.422 e. The van der Waals surface area contributed by atoms with Crippen molar-refractivity contribution in [2.45, 2.75) is 6.92 Å². The maximum absolute atomic E-state index is 12.6. The zero-order valence-corrected chi connectivity index (χ0v) is 15.9. The van der Waals surface area contributed by atoms with E-state index in [0.29, 0.717) is 33.5 Å². The van der Waals surface area contributed by atoms with Crippen molar-refractivity contribution < 1.29 is 14.1 Å². The van der Waals surface area contributed by atoms with Crippen LogP contribution in [0.25, 0.3) is 22.1 Å². The predicted molar refractivity (Wildman–Crippen MR) is 114 cm³/mol. The van der Waals surface area contributed by atoms with Gasteiger partial charge in [-0.1, -0.05) is 30.3 Å². The minimum atomic E-state index is -0.490. The van der Waals surface area contributed by atoms with E-state index in [1.807, 2.05) is 12.1 Å². The fraction of sp³-hybridized carbons (Fsp3) is 0.0435. The van der Waals surface area contributed by atoms with Crippen LogP contribution in [0.15, 0.2) is 82.0 Å². The van der Waals surface area contributed by atoms with Crippen LogP contribution >= 0.6 is 0 Å². The van der Waals surface area contributed by atoms with E-state index >= 15 is 0 Å². The summed E-state index contributed by atoms with van der Waals surface area (Å²) in [5.41, 5.74) is 2.16. The van der Waals surface area contributed by atoms with Crippen molar-refractivity contribution in [2.24, 2.45) is 0 Å². The van der Waals surface area contributed by atoms with Crippen molar-refractivity contribution in [3.8, 4) is 11.1 Å². The first-order valence-electron chi connectivity index (χ1n) is 9.12. The number of amides is 1. The van der Waals surface area contributed by atoms with Gasteiger partial charge in [0.1, 0.15) is 5.58 Å². The number of fused-ring (bicyclic) bond motifs is 1. The highest BCUT2D eigenvalue weighted by atomic mass is 16.6. The zero-order valence-electron chi connectivity index (χ0n) is 15.9. The Morgan fingerprint density at radius 3 is 2.57 bits per heavy atom. The van der Waals surface area contributed by atoms with E-state index in [0.717, 1.165) is 5.39 Å². The van der Waals surface area contributed by atoms with Gasteiger partial charge in [-0.25, -0.2) is 4.79 Å². The zero-order chi connectivity index (χ0) is 21.3. The molecule has 0 saturated carbocycles. The van der Waals surface area contributed by atoms with Crippen LogP contribution in [0.3, 0.4) is 0 Å². The van der Waals surface area contributed by atoms with Crippen LogP contribution in [0.4, 0.5) is 11.4 Å². The van der Waals surface area contributed by atoms with Crippen LogP contribution in [-0.2, 0) is 0 Å². The van der Waals surface area contributed by atoms with E-state index in [9.17, 15) is 19.7 Å². The Morgan fingerprint density at radius 2 is 1.80 bits per heavy atom. The third-order valence-electron chi connectivity index (χ3n) is 4.73. The first-order valence-corrected chi connectivity index (χ1v) is 9.12. The summed E-state index contributed by atoms with van der Waals surface area (Å²) in [6.07, 6.45) is 0. The number of anilines is 1. The minimum absolute atomic E-state index is 0.0448. The summed E-state index contributed by atoms with van der Waals surface area (Å²) in [5, 5.41) is 14.5. The first kappa shape index (κ1) is 19.1.